The summed E-state index contributed by atoms with van der Waals surface area (Å²) < 4.78 is 27.5. The molecule has 0 unspecified atom stereocenters. The average Bonchev–Trinajstić information content (AvgIpc) is 3.63. The predicted molar refractivity (Wildman–Crippen MR) is 122 cm³/mol. The fourth-order valence-electron chi connectivity index (χ4n) is 3.87. The fourth-order valence-corrected chi connectivity index (χ4v) is 5.22. The van der Waals surface area contributed by atoms with Crippen LogP contribution in [0.25, 0.3) is 0 Å². The molecule has 2 fully saturated rings. The van der Waals surface area contributed by atoms with Crippen molar-refractivity contribution in [2.45, 2.75) is 43.0 Å². The molecule has 1 aliphatic carbocycles. The summed E-state index contributed by atoms with van der Waals surface area (Å²) in [6.07, 6.45) is 3.88. The van der Waals surface area contributed by atoms with Crippen LogP contribution in [0.15, 0.2) is 59.5 Å². The number of carbonyl (C=O) groups excluding carboxylic acids is 2. The van der Waals surface area contributed by atoms with Gasteiger partial charge in [0.25, 0.3) is 5.91 Å². The van der Waals surface area contributed by atoms with Crippen molar-refractivity contribution in [3.63, 3.8) is 0 Å². The summed E-state index contributed by atoms with van der Waals surface area (Å²) in [7, 11) is -3.61. The Bertz CT molecular complexity index is 1060. The number of nitrogens with zero attached hydrogens (tertiary/aromatic N) is 2. The first kappa shape index (κ1) is 22.5. The lowest BCUT2D eigenvalue weighted by atomic mass is 10.1. The minimum Gasteiger partial charge on any atom is -0.339 e. The Balaban J connectivity index is 1.28. The average molecular weight is 456 g/mol. The molecule has 8 heteroatoms. The van der Waals surface area contributed by atoms with E-state index in [0.717, 1.165) is 25.7 Å². The molecule has 32 heavy (non-hydrogen) atoms. The molecule has 0 radical (unpaired) electrons. The van der Waals surface area contributed by atoms with Crippen molar-refractivity contribution in [1.29, 1.82) is 0 Å². The van der Waals surface area contributed by atoms with Gasteiger partial charge in [-0.25, -0.2) is 13.1 Å². The van der Waals surface area contributed by atoms with E-state index in [1.54, 1.807) is 17.0 Å². The maximum Gasteiger partial charge on any atom is 0.254 e. The van der Waals surface area contributed by atoms with Crippen LogP contribution in [-0.2, 0) is 21.2 Å². The van der Waals surface area contributed by atoms with Gasteiger partial charge in [-0.3, -0.25) is 9.59 Å². The number of nitrogens with one attached hydrogen (secondary N) is 1. The summed E-state index contributed by atoms with van der Waals surface area (Å²) in [5.41, 5.74) is 1.58. The molecule has 2 aliphatic rings. The monoisotopic (exact) mass is 455 g/mol. The minimum absolute atomic E-state index is 0.0117. The first-order chi connectivity index (χ1) is 15.4. The Labute approximate surface area is 189 Å². The first-order valence-corrected chi connectivity index (χ1v) is 12.6. The Morgan fingerprint density at radius 1 is 0.906 bits per heavy atom. The van der Waals surface area contributed by atoms with Crippen LogP contribution in [0.4, 0.5) is 0 Å². The smallest absolute Gasteiger partial charge is 0.254 e. The van der Waals surface area contributed by atoms with Crippen molar-refractivity contribution in [2.75, 3.05) is 26.2 Å². The molecule has 4 rings (SSSR count). The lowest BCUT2D eigenvalue weighted by Crippen LogP contribution is -2.50. The third kappa shape index (κ3) is 5.75. The van der Waals surface area contributed by atoms with Gasteiger partial charge in [-0.05, 0) is 49.4 Å². The summed E-state index contributed by atoms with van der Waals surface area (Å²) in [5, 5.41) is 0. The summed E-state index contributed by atoms with van der Waals surface area (Å²) in [6.45, 7) is 1.88. The lowest BCUT2D eigenvalue weighted by Gasteiger charge is -2.35. The highest BCUT2D eigenvalue weighted by atomic mass is 32.2. The van der Waals surface area contributed by atoms with E-state index in [9.17, 15) is 18.0 Å². The number of aryl methyl sites for hydroxylation is 1. The van der Waals surface area contributed by atoms with Gasteiger partial charge in [0.2, 0.25) is 15.9 Å². The quantitative estimate of drug-likeness (QED) is 0.662. The number of carbonyl (C=O) groups is 2. The van der Waals surface area contributed by atoms with Gasteiger partial charge in [0, 0.05) is 44.2 Å². The highest BCUT2D eigenvalue weighted by Gasteiger charge is 2.29. The maximum atomic E-state index is 12.9. The molecule has 1 aliphatic heterocycles. The van der Waals surface area contributed by atoms with Crippen LogP contribution in [0.2, 0.25) is 0 Å². The van der Waals surface area contributed by atoms with E-state index in [-0.39, 0.29) is 22.8 Å². The molecule has 2 aromatic carbocycles. The van der Waals surface area contributed by atoms with E-state index in [0.29, 0.717) is 38.2 Å². The normalized spacial score (nSPS) is 16.8. The highest BCUT2D eigenvalue weighted by molar-refractivity contribution is 7.89. The van der Waals surface area contributed by atoms with Crippen LogP contribution in [0.3, 0.4) is 0 Å². The molecular formula is C24H29N3O4S. The maximum absolute atomic E-state index is 12.9. The number of hydrogen-bond acceptors (Lipinski definition) is 4. The topological polar surface area (TPSA) is 86.8 Å². The van der Waals surface area contributed by atoms with Crippen molar-refractivity contribution in [3.8, 4) is 0 Å². The molecule has 0 aromatic heterocycles. The molecule has 0 bridgehead atoms. The van der Waals surface area contributed by atoms with Gasteiger partial charge in [-0.1, -0.05) is 36.4 Å². The Hall–Kier alpha value is -2.71. The molecule has 2 aromatic rings. The third-order valence-corrected chi connectivity index (χ3v) is 7.43. The number of benzene rings is 2. The van der Waals surface area contributed by atoms with E-state index < -0.39 is 10.0 Å². The van der Waals surface area contributed by atoms with Gasteiger partial charge in [-0.2, -0.15) is 0 Å². The number of rotatable bonds is 8. The second-order valence-electron chi connectivity index (χ2n) is 8.44. The Morgan fingerprint density at radius 2 is 1.59 bits per heavy atom. The molecule has 0 atom stereocenters. The van der Waals surface area contributed by atoms with Crippen LogP contribution >= 0.6 is 0 Å². The van der Waals surface area contributed by atoms with Crippen molar-refractivity contribution in [3.05, 3.63) is 65.7 Å². The zero-order chi connectivity index (χ0) is 22.6. The van der Waals surface area contributed by atoms with E-state index >= 15 is 0 Å². The predicted octanol–water partition coefficient (Wildman–Crippen LogP) is 2.43. The number of amides is 2. The largest absolute Gasteiger partial charge is 0.339 e. The van der Waals surface area contributed by atoms with Crippen molar-refractivity contribution >= 4 is 21.8 Å². The van der Waals surface area contributed by atoms with Gasteiger partial charge < -0.3 is 9.80 Å². The summed E-state index contributed by atoms with van der Waals surface area (Å²) in [5.74, 6) is -0.0862. The Morgan fingerprint density at radius 3 is 2.28 bits per heavy atom. The molecule has 1 saturated heterocycles. The zero-order valence-corrected chi connectivity index (χ0v) is 18.9. The van der Waals surface area contributed by atoms with Crippen LogP contribution in [-0.4, -0.2) is 62.3 Å². The number of hydrogen-bond donors (Lipinski definition) is 1. The SMILES string of the molecule is O=C(CCCc1ccccc1)N1CCN(C(=O)c2cccc(S(=O)(=O)NC3CC3)c2)CC1. The zero-order valence-electron chi connectivity index (χ0n) is 18.1. The van der Waals surface area contributed by atoms with E-state index in [1.165, 1.54) is 17.7 Å². The standard InChI is InChI=1S/C24H29N3O4S/c28-23(11-4-8-19-6-2-1-3-7-19)26-14-16-27(17-15-26)24(29)20-9-5-10-22(18-20)32(30,31)25-21-12-13-21/h1-3,5-7,9-10,18,21,25H,4,8,11-17H2. The second kappa shape index (κ2) is 9.83. The minimum atomic E-state index is -3.61. The highest BCUT2D eigenvalue weighted by Crippen LogP contribution is 2.23. The van der Waals surface area contributed by atoms with E-state index in [2.05, 4.69) is 16.9 Å². The first-order valence-electron chi connectivity index (χ1n) is 11.2. The van der Waals surface area contributed by atoms with Crippen molar-refractivity contribution in [2.24, 2.45) is 0 Å². The van der Waals surface area contributed by atoms with Gasteiger partial charge in [-0.15, -0.1) is 0 Å². The molecular weight excluding hydrogens is 426 g/mol. The second-order valence-corrected chi connectivity index (χ2v) is 10.1. The number of sulfonamides is 1. The Kier molecular flexibility index (Phi) is 6.91. The van der Waals surface area contributed by atoms with Crippen LogP contribution < -0.4 is 4.72 Å². The van der Waals surface area contributed by atoms with Crippen LogP contribution in [0.1, 0.15) is 41.6 Å². The van der Waals surface area contributed by atoms with Crippen molar-refractivity contribution < 1.29 is 18.0 Å². The molecule has 2 amide bonds. The molecule has 1 heterocycles. The van der Waals surface area contributed by atoms with Gasteiger partial charge in [0.1, 0.15) is 0 Å². The van der Waals surface area contributed by atoms with E-state index in [1.807, 2.05) is 23.1 Å². The number of piperazine rings is 1. The third-order valence-electron chi connectivity index (χ3n) is 5.91. The summed E-state index contributed by atoms with van der Waals surface area (Å²) in [4.78, 5) is 29.1. The van der Waals surface area contributed by atoms with Crippen LogP contribution in [0.5, 0.6) is 0 Å². The molecule has 1 saturated carbocycles. The fraction of sp³-hybridized carbons (Fsp3) is 0.417. The van der Waals surface area contributed by atoms with Gasteiger partial charge in [0.15, 0.2) is 0 Å². The molecule has 0 spiro atoms. The lowest BCUT2D eigenvalue weighted by molar-refractivity contribution is -0.132. The van der Waals surface area contributed by atoms with E-state index in [4.69, 9.17) is 0 Å². The van der Waals surface area contributed by atoms with Crippen molar-refractivity contribution in [1.82, 2.24) is 14.5 Å². The summed E-state index contributed by atoms with van der Waals surface area (Å²) >= 11 is 0. The summed E-state index contributed by atoms with van der Waals surface area (Å²) in [6, 6.07) is 16.3. The van der Waals surface area contributed by atoms with Gasteiger partial charge >= 0.3 is 0 Å². The molecule has 7 nitrogen and oxygen atoms in total. The molecule has 170 valence electrons. The van der Waals surface area contributed by atoms with Gasteiger partial charge in [0.05, 0.1) is 4.90 Å². The molecule has 1 N–H and O–H groups in total. The van der Waals surface area contributed by atoms with Crippen LogP contribution in [0, 0.1) is 0 Å².